The molecule has 1 saturated heterocycles. The van der Waals surface area contributed by atoms with Crippen molar-refractivity contribution in [3.05, 3.63) is 0 Å². The van der Waals surface area contributed by atoms with Gasteiger partial charge in [0.15, 0.2) is 0 Å². The van der Waals surface area contributed by atoms with Gasteiger partial charge >= 0.3 is 5.97 Å². The molecule has 1 rings (SSSR count). The molecule has 4 nitrogen and oxygen atoms in total. The summed E-state index contributed by atoms with van der Waals surface area (Å²) in [4.78, 5) is 14.8. The Morgan fingerprint density at radius 3 is 2.67 bits per heavy atom. The number of rotatable bonds is 1. The molecule has 1 N–H and O–H groups in total. The minimum absolute atomic E-state index is 0.336. The van der Waals surface area contributed by atoms with Crippen LogP contribution in [0.2, 0.25) is 0 Å². The van der Waals surface area contributed by atoms with Crippen LogP contribution in [-0.2, 0) is 4.79 Å². The molecule has 1 fully saturated rings. The second-order valence-corrected chi connectivity index (χ2v) is 3.45. The van der Waals surface area contributed by atoms with Gasteiger partial charge in [-0.05, 0) is 33.6 Å². The van der Waals surface area contributed by atoms with E-state index >= 15 is 0 Å². The molecule has 1 heterocycles. The fourth-order valence-electron chi connectivity index (χ4n) is 1.54. The highest BCUT2D eigenvalue weighted by Gasteiger charge is 2.25. The molecule has 1 atom stereocenters. The summed E-state index contributed by atoms with van der Waals surface area (Å²) in [5, 5.41) is 8.88. The highest BCUT2D eigenvalue weighted by molar-refractivity contribution is 5.73. The van der Waals surface area contributed by atoms with Crippen molar-refractivity contribution in [1.29, 1.82) is 0 Å². The van der Waals surface area contributed by atoms with Crippen molar-refractivity contribution in [3.8, 4) is 0 Å². The summed E-state index contributed by atoms with van der Waals surface area (Å²) in [6.07, 6.45) is 1.05. The average molecular weight is 172 g/mol. The van der Waals surface area contributed by atoms with Gasteiger partial charge in [0.2, 0.25) is 0 Å². The fourth-order valence-corrected chi connectivity index (χ4v) is 1.54. The molecule has 0 bridgehead atoms. The highest BCUT2D eigenvalue weighted by Crippen LogP contribution is 2.06. The van der Waals surface area contributed by atoms with Crippen LogP contribution in [0.5, 0.6) is 0 Å². The van der Waals surface area contributed by atoms with Crippen LogP contribution < -0.4 is 0 Å². The normalized spacial score (nSPS) is 28.3. The summed E-state index contributed by atoms with van der Waals surface area (Å²) in [5.41, 5.74) is 0. The second kappa shape index (κ2) is 3.87. The van der Waals surface area contributed by atoms with Gasteiger partial charge in [-0.2, -0.15) is 0 Å². The molecular formula is C8H16N2O2. The molecule has 4 heteroatoms. The lowest BCUT2D eigenvalue weighted by molar-refractivity contribution is -0.142. The Balaban J connectivity index is 2.60. The summed E-state index contributed by atoms with van der Waals surface area (Å²) in [7, 11) is 3.84. The zero-order valence-electron chi connectivity index (χ0n) is 7.66. The van der Waals surface area contributed by atoms with E-state index in [1.807, 2.05) is 19.0 Å². The number of likely N-dealkylation sites (N-methyl/N-ethyl adjacent to an activating group) is 2. The van der Waals surface area contributed by atoms with E-state index in [9.17, 15) is 4.79 Å². The molecule has 0 saturated carbocycles. The van der Waals surface area contributed by atoms with Gasteiger partial charge in [0.05, 0.1) is 0 Å². The second-order valence-electron chi connectivity index (χ2n) is 3.45. The summed E-state index contributed by atoms with van der Waals surface area (Å²) >= 11 is 0. The molecule has 0 radical (unpaired) electrons. The molecule has 0 aromatic heterocycles. The van der Waals surface area contributed by atoms with E-state index in [2.05, 4.69) is 4.90 Å². The number of hydrogen-bond donors (Lipinski definition) is 1. The number of carbonyl (C=O) groups is 1. The maximum absolute atomic E-state index is 10.8. The third kappa shape index (κ3) is 2.19. The van der Waals surface area contributed by atoms with Crippen molar-refractivity contribution in [2.45, 2.75) is 12.5 Å². The monoisotopic (exact) mass is 172 g/mol. The molecule has 0 aliphatic carbocycles. The SMILES string of the molecule is CN1CCCN(C)C(C(=O)O)C1. The van der Waals surface area contributed by atoms with Crippen molar-refractivity contribution in [2.24, 2.45) is 0 Å². The first-order chi connectivity index (χ1) is 5.61. The van der Waals surface area contributed by atoms with Crippen molar-refractivity contribution in [3.63, 3.8) is 0 Å². The van der Waals surface area contributed by atoms with Crippen molar-refractivity contribution in [1.82, 2.24) is 9.80 Å². The predicted octanol–water partition coefficient (Wildman–Crippen LogP) is -0.293. The predicted molar refractivity (Wildman–Crippen MR) is 46.2 cm³/mol. The lowest BCUT2D eigenvalue weighted by Gasteiger charge is -2.22. The molecule has 1 aliphatic heterocycles. The first-order valence-electron chi connectivity index (χ1n) is 4.23. The zero-order valence-corrected chi connectivity index (χ0v) is 7.66. The Morgan fingerprint density at radius 2 is 2.08 bits per heavy atom. The Kier molecular flexibility index (Phi) is 3.05. The molecule has 0 aromatic carbocycles. The van der Waals surface area contributed by atoms with Crippen molar-refractivity contribution < 1.29 is 9.90 Å². The fraction of sp³-hybridized carbons (Fsp3) is 0.875. The van der Waals surface area contributed by atoms with Crippen LogP contribution in [0, 0.1) is 0 Å². The molecule has 12 heavy (non-hydrogen) atoms. The van der Waals surface area contributed by atoms with Crippen molar-refractivity contribution in [2.75, 3.05) is 33.7 Å². The van der Waals surface area contributed by atoms with E-state index in [-0.39, 0.29) is 6.04 Å². The standard InChI is InChI=1S/C8H16N2O2/c1-9-4-3-5-10(2)7(6-9)8(11)12/h7H,3-6H2,1-2H3,(H,11,12). The molecule has 70 valence electrons. The highest BCUT2D eigenvalue weighted by atomic mass is 16.4. The van der Waals surface area contributed by atoms with Gasteiger partial charge in [-0.15, -0.1) is 0 Å². The van der Waals surface area contributed by atoms with E-state index in [4.69, 9.17) is 5.11 Å². The van der Waals surface area contributed by atoms with Gasteiger partial charge < -0.3 is 10.0 Å². The quantitative estimate of drug-likeness (QED) is 0.590. The van der Waals surface area contributed by atoms with Gasteiger partial charge in [0.1, 0.15) is 6.04 Å². The first kappa shape index (κ1) is 9.48. The summed E-state index contributed by atoms with van der Waals surface area (Å²) in [6.45, 7) is 2.50. The van der Waals surface area contributed by atoms with Gasteiger partial charge in [-0.1, -0.05) is 0 Å². The van der Waals surface area contributed by atoms with Crippen LogP contribution in [0.1, 0.15) is 6.42 Å². The van der Waals surface area contributed by atoms with Crippen LogP contribution in [0.4, 0.5) is 0 Å². The zero-order chi connectivity index (χ0) is 9.14. The molecule has 0 aromatic rings. The maximum Gasteiger partial charge on any atom is 0.322 e. The Morgan fingerprint density at radius 1 is 1.42 bits per heavy atom. The van der Waals surface area contributed by atoms with Gasteiger partial charge in [0, 0.05) is 6.54 Å². The van der Waals surface area contributed by atoms with E-state index < -0.39 is 5.97 Å². The van der Waals surface area contributed by atoms with Gasteiger partial charge in [0.25, 0.3) is 0 Å². The molecular weight excluding hydrogens is 156 g/mol. The van der Waals surface area contributed by atoms with E-state index in [0.717, 1.165) is 19.5 Å². The largest absolute Gasteiger partial charge is 0.480 e. The Labute approximate surface area is 72.8 Å². The number of hydrogen-bond acceptors (Lipinski definition) is 3. The molecule has 0 amide bonds. The molecule has 0 spiro atoms. The van der Waals surface area contributed by atoms with E-state index in [1.54, 1.807) is 0 Å². The summed E-state index contributed by atoms with van der Waals surface area (Å²) in [6, 6.07) is -0.336. The summed E-state index contributed by atoms with van der Waals surface area (Å²) in [5.74, 6) is -0.716. The van der Waals surface area contributed by atoms with Crippen LogP contribution in [0.3, 0.4) is 0 Å². The van der Waals surface area contributed by atoms with Crippen LogP contribution in [-0.4, -0.2) is 60.6 Å². The first-order valence-corrected chi connectivity index (χ1v) is 4.23. The van der Waals surface area contributed by atoms with E-state index in [0.29, 0.717) is 6.54 Å². The van der Waals surface area contributed by atoms with Crippen LogP contribution >= 0.6 is 0 Å². The minimum Gasteiger partial charge on any atom is -0.480 e. The third-order valence-electron chi connectivity index (χ3n) is 2.35. The maximum atomic E-state index is 10.8. The Bertz CT molecular complexity index is 172. The topological polar surface area (TPSA) is 43.8 Å². The van der Waals surface area contributed by atoms with Gasteiger partial charge in [-0.3, -0.25) is 9.69 Å². The minimum atomic E-state index is -0.716. The average Bonchev–Trinajstić information content (AvgIpc) is 2.13. The number of nitrogens with zero attached hydrogens (tertiary/aromatic N) is 2. The Hall–Kier alpha value is -0.610. The van der Waals surface area contributed by atoms with Crippen molar-refractivity contribution >= 4 is 5.97 Å². The lowest BCUT2D eigenvalue weighted by Crippen LogP contribution is -2.43. The number of carboxylic acid groups (broad SMARTS) is 1. The summed E-state index contributed by atoms with van der Waals surface area (Å²) < 4.78 is 0. The van der Waals surface area contributed by atoms with Crippen LogP contribution in [0.25, 0.3) is 0 Å². The lowest BCUT2D eigenvalue weighted by atomic mass is 10.2. The van der Waals surface area contributed by atoms with E-state index in [1.165, 1.54) is 0 Å². The third-order valence-corrected chi connectivity index (χ3v) is 2.35. The smallest absolute Gasteiger partial charge is 0.322 e. The number of aliphatic carboxylic acids is 1. The van der Waals surface area contributed by atoms with Crippen LogP contribution in [0.15, 0.2) is 0 Å². The molecule has 1 unspecified atom stereocenters. The van der Waals surface area contributed by atoms with Gasteiger partial charge in [-0.25, -0.2) is 0 Å². The molecule has 1 aliphatic rings. The number of carboxylic acids is 1.